The van der Waals surface area contributed by atoms with E-state index in [1.54, 1.807) is 13.1 Å². The highest BCUT2D eigenvalue weighted by atomic mass is 16.4. The summed E-state index contributed by atoms with van der Waals surface area (Å²) < 4.78 is 0. The molecule has 0 aromatic heterocycles. The molecule has 0 bridgehead atoms. The third-order valence-electron chi connectivity index (χ3n) is 1.82. The second kappa shape index (κ2) is 6.15. The smallest absolute Gasteiger partial charge is 0.320 e. The first-order valence-corrected chi connectivity index (χ1v) is 4.32. The maximum absolute atomic E-state index is 11.3. The molecular formula is C9H16N2O3. The maximum atomic E-state index is 11.3. The van der Waals surface area contributed by atoms with Crippen LogP contribution in [-0.2, 0) is 9.59 Å². The summed E-state index contributed by atoms with van der Waals surface area (Å²) >= 11 is 0. The largest absolute Gasteiger partial charge is 0.480 e. The first kappa shape index (κ1) is 12.6. The van der Waals surface area contributed by atoms with Crippen LogP contribution in [0.4, 0.5) is 0 Å². The summed E-state index contributed by atoms with van der Waals surface area (Å²) in [5.41, 5.74) is 5.25. The van der Waals surface area contributed by atoms with E-state index in [2.05, 4.69) is 6.58 Å². The number of nitrogens with two attached hydrogens (primary N) is 1. The molecule has 0 saturated carbocycles. The molecule has 1 amide bonds. The van der Waals surface area contributed by atoms with Crippen LogP contribution in [0.3, 0.4) is 0 Å². The Labute approximate surface area is 83.2 Å². The Kier molecular flexibility index (Phi) is 5.55. The minimum atomic E-state index is -1.08. The Bertz CT molecular complexity index is 228. The van der Waals surface area contributed by atoms with Crippen molar-refractivity contribution in [1.82, 2.24) is 4.90 Å². The zero-order valence-electron chi connectivity index (χ0n) is 8.27. The van der Waals surface area contributed by atoms with Gasteiger partial charge in [0.25, 0.3) is 0 Å². The van der Waals surface area contributed by atoms with Crippen molar-refractivity contribution in [1.29, 1.82) is 0 Å². The standard InChI is InChI=1S/C9H16N2O3/c1-3-6-11(2)8(12)5-4-7(10)9(13)14/h3,7H,1,4-6,10H2,2H3,(H,13,14)/t7-/m1/s1. The zero-order chi connectivity index (χ0) is 11.1. The van der Waals surface area contributed by atoms with Crippen molar-refractivity contribution in [2.24, 2.45) is 5.73 Å². The fraction of sp³-hybridized carbons (Fsp3) is 0.556. The van der Waals surface area contributed by atoms with Gasteiger partial charge in [-0.15, -0.1) is 6.58 Å². The molecule has 14 heavy (non-hydrogen) atoms. The molecule has 5 heteroatoms. The maximum Gasteiger partial charge on any atom is 0.320 e. The van der Waals surface area contributed by atoms with Gasteiger partial charge in [-0.1, -0.05) is 6.08 Å². The molecule has 0 aliphatic rings. The third kappa shape index (κ3) is 4.61. The molecule has 0 radical (unpaired) electrons. The second-order valence-corrected chi connectivity index (χ2v) is 3.05. The van der Waals surface area contributed by atoms with Crippen molar-refractivity contribution in [3.63, 3.8) is 0 Å². The van der Waals surface area contributed by atoms with E-state index in [1.165, 1.54) is 4.90 Å². The predicted molar refractivity (Wildman–Crippen MR) is 52.7 cm³/mol. The summed E-state index contributed by atoms with van der Waals surface area (Å²) in [6.45, 7) is 3.95. The van der Waals surface area contributed by atoms with E-state index in [9.17, 15) is 9.59 Å². The van der Waals surface area contributed by atoms with Crippen LogP contribution in [0.15, 0.2) is 12.7 Å². The number of likely N-dealkylation sites (N-methyl/N-ethyl adjacent to an activating group) is 1. The summed E-state index contributed by atoms with van der Waals surface area (Å²) in [6, 6.07) is -0.962. The lowest BCUT2D eigenvalue weighted by Crippen LogP contribution is -2.33. The predicted octanol–water partition coefficient (Wildman–Crippen LogP) is -0.177. The molecule has 0 spiro atoms. The number of amides is 1. The van der Waals surface area contributed by atoms with Crippen molar-refractivity contribution in [2.45, 2.75) is 18.9 Å². The van der Waals surface area contributed by atoms with Crippen molar-refractivity contribution in [2.75, 3.05) is 13.6 Å². The molecule has 5 nitrogen and oxygen atoms in total. The van der Waals surface area contributed by atoms with Gasteiger partial charge in [-0.25, -0.2) is 0 Å². The molecule has 3 N–H and O–H groups in total. The monoisotopic (exact) mass is 200 g/mol. The lowest BCUT2D eigenvalue weighted by atomic mass is 10.1. The van der Waals surface area contributed by atoms with Crippen molar-refractivity contribution in [3.05, 3.63) is 12.7 Å². The molecule has 0 rings (SSSR count). The second-order valence-electron chi connectivity index (χ2n) is 3.05. The zero-order valence-corrected chi connectivity index (χ0v) is 8.27. The van der Waals surface area contributed by atoms with Crippen LogP contribution in [0.5, 0.6) is 0 Å². The third-order valence-corrected chi connectivity index (χ3v) is 1.82. The van der Waals surface area contributed by atoms with Gasteiger partial charge in [0, 0.05) is 20.0 Å². The van der Waals surface area contributed by atoms with Gasteiger partial charge < -0.3 is 15.7 Å². The Balaban J connectivity index is 3.84. The van der Waals surface area contributed by atoms with Gasteiger partial charge in [-0.05, 0) is 6.42 Å². The minimum absolute atomic E-state index is 0.124. The van der Waals surface area contributed by atoms with Gasteiger partial charge in [0.15, 0.2) is 0 Å². The van der Waals surface area contributed by atoms with Gasteiger partial charge in [0.2, 0.25) is 5.91 Å². The van der Waals surface area contributed by atoms with E-state index in [0.717, 1.165) is 0 Å². The van der Waals surface area contributed by atoms with E-state index < -0.39 is 12.0 Å². The average Bonchev–Trinajstić information content (AvgIpc) is 2.13. The summed E-state index contributed by atoms with van der Waals surface area (Å²) in [4.78, 5) is 23.1. The molecular weight excluding hydrogens is 184 g/mol. The number of nitrogens with zero attached hydrogens (tertiary/aromatic N) is 1. The summed E-state index contributed by atoms with van der Waals surface area (Å²) in [7, 11) is 1.64. The number of aliphatic carboxylic acids is 1. The summed E-state index contributed by atoms with van der Waals surface area (Å²) in [6.07, 6.45) is 1.92. The summed E-state index contributed by atoms with van der Waals surface area (Å²) in [5.74, 6) is -1.20. The van der Waals surface area contributed by atoms with E-state index in [4.69, 9.17) is 10.8 Å². The number of carboxylic acid groups (broad SMARTS) is 1. The van der Waals surface area contributed by atoms with Crippen molar-refractivity contribution >= 4 is 11.9 Å². The van der Waals surface area contributed by atoms with Crippen LogP contribution < -0.4 is 5.73 Å². The minimum Gasteiger partial charge on any atom is -0.480 e. The van der Waals surface area contributed by atoms with Crippen molar-refractivity contribution in [3.8, 4) is 0 Å². The highest BCUT2D eigenvalue weighted by Crippen LogP contribution is 1.99. The highest BCUT2D eigenvalue weighted by Gasteiger charge is 2.14. The van der Waals surface area contributed by atoms with Gasteiger partial charge in [-0.3, -0.25) is 9.59 Å². The summed E-state index contributed by atoms with van der Waals surface area (Å²) in [5, 5.41) is 8.47. The normalized spacial score (nSPS) is 11.9. The molecule has 0 aliphatic heterocycles. The topological polar surface area (TPSA) is 83.6 Å². The molecule has 0 heterocycles. The van der Waals surface area contributed by atoms with Gasteiger partial charge in [0.1, 0.15) is 6.04 Å². The van der Waals surface area contributed by atoms with Crippen LogP contribution in [0.1, 0.15) is 12.8 Å². The van der Waals surface area contributed by atoms with Crippen LogP contribution >= 0.6 is 0 Å². The van der Waals surface area contributed by atoms with Crippen LogP contribution in [0.2, 0.25) is 0 Å². The number of hydrogen-bond acceptors (Lipinski definition) is 3. The Hall–Kier alpha value is -1.36. The van der Waals surface area contributed by atoms with E-state index >= 15 is 0 Å². The number of rotatable bonds is 6. The van der Waals surface area contributed by atoms with E-state index in [0.29, 0.717) is 6.54 Å². The molecule has 0 aliphatic carbocycles. The first-order valence-electron chi connectivity index (χ1n) is 4.32. The average molecular weight is 200 g/mol. The Morgan fingerprint density at radius 1 is 1.64 bits per heavy atom. The SMILES string of the molecule is C=CCN(C)C(=O)CC[C@@H](N)C(=O)O. The Morgan fingerprint density at radius 3 is 2.64 bits per heavy atom. The lowest BCUT2D eigenvalue weighted by molar-refractivity contribution is -0.138. The van der Waals surface area contributed by atoms with Crippen LogP contribution in [-0.4, -0.2) is 41.5 Å². The molecule has 1 atom stereocenters. The fourth-order valence-corrected chi connectivity index (χ4v) is 0.889. The lowest BCUT2D eigenvalue weighted by Gasteiger charge is -2.15. The Morgan fingerprint density at radius 2 is 2.21 bits per heavy atom. The highest BCUT2D eigenvalue weighted by molar-refractivity contribution is 5.78. The van der Waals surface area contributed by atoms with Gasteiger partial charge in [-0.2, -0.15) is 0 Å². The van der Waals surface area contributed by atoms with E-state index in [1.807, 2.05) is 0 Å². The molecule has 0 fully saturated rings. The van der Waals surface area contributed by atoms with Gasteiger partial charge in [0.05, 0.1) is 0 Å². The number of carbonyl (C=O) groups is 2. The molecule has 0 aromatic carbocycles. The van der Waals surface area contributed by atoms with Gasteiger partial charge >= 0.3 is 5.97 Å². The van der Waals surface area contributed by atoms with Crippen LogP contribution in [0, 0.1) is 0 Å². The number of carboxylic acids is 1. The first-order chi connectivity index (χ1) is 6.49. The molecule has 0 aromatic rings. The van der Waals surface area contributed by atoms with Crippen molar-refractivity contribution < 1.29 is 14.7 Å². The van der Waals surface area contributed by atoms with Crippen LogP contribution in [0.25, 0.3) is 0 Å². The quantitative estimate of drug-likeness (QED) is 0.583. The number of hydrogen-bond donors (Lipinski definition) is 2. The van der Waals surface area contributed by atoms with E-state index in [-0.39, 0.29) is 18.7 Å². The number of carbonyl (C=O) groups excluding carboxylic acids is 1. The molecule has 80 valence electrons. The molecule has 0 unspecified atom stereocenters. The molecule has 0 saturated heterocycles. The fourth-order valence-electron chi connectivity index (χ4n) is 0.889.